The van der Waals surface area contributed by atoms with Crippen LogP contribution in [0.3, 0.4) is 0 Å². The molecule has 3 heterocycles. The molecule has 1 aliphatic carbocycles. The van der Waals surface area contributed by atoms with E-state index in [4.69, 9.17) is 21.1 Å². The third-order valence-corrected chi connectivity index (χ3v) is 10.5. The fourth-order valence-electron chi connectivity index (χ4n) is 6.99. The van der Waals surface area contributed by atoms with E-state index in [0.717, 1.165) is 69.4 Å². The van der Waals surface area contributed by atoms with Crippen LogP contribution in [0.1, 0.15) is 71.8 Å². The van der Waals surface area contributed by atoms with Gasteiger partial charge in [-0.3, -0.25) is 4.98 Å². The number of ether oxygens (including phenoxy) is 2. The van der Waals surface area contributed by atoms with Crippen LogP contribution >= 0.6 is 23.4 Å². The average Bonchev–Trinajstić information content (AvgIpc) is 3.83. The Hall–Kier alpha value is -3.39. The predicted molar refractivity (Wildman–Crippen MR) is 180 cm³/mol. The van der Waals surface area contributed by atoms with Crippen LogP contribution in [-0.4, -0.2) is 27.1 Å². The van der Waals surface area contributed by atoms with E-state index in [0.29, 0.717) is 5.92 Å². The van der Waals surface area contributed by atoms with Gasteiger partial charge in [0.15, 0.2) is 5.79 Å². The van der Waals surface area contributed by atoms with Crippen LogP contribution in [0.15, 0.2) is 114 Å². The van der Waals surface area contributed by atoms with Crippen molar-refractivity contribution >= 4 is 23.4 Å². The van der Waals surface area contributed by atoms with Crippen molar-refractivity contribution in [2.45, 2.75) is 61.1 Å². The predicted octanol–water partition coefficient (Wildman–Crippen LogP) is 9.49. The summed E-state index contributed by atoms with van der Waals surface area (Å²) in [6.07, 6.45) is 7.12. The fraction of sp³-hybridized carbons (Fsp3) is 0.289. The Labute approximate surface area is 274 Å². The quantitative estimate of drug-likeness (QED) is 0.158. The van der Waals surface area contributed by atoms with Crippen LogP contribution < -0.4 is 0 Å². The minimum Gasteiger partial charge on any atom is -0.392 e. The number of aliphatic hydroxyl groups excluding tert-OH is 1. The Kier molecular flexibility index (Phi) is 8.85. The maximum Gasteiger partial charge on any atom is 0.170 e. The van der Waals surface area contributed by atoms with Gasteiger partial charge in [0, 0.05) is 35.5 Å². The monoisotopic (exact) mass is 636 g/mol. The number of pyridine rings is 1. The first-order valence-electron chi connectivity index (χ1n) is 15.6. The molecule has 2 unspecified atom stereocenters. The van der Waals surface area contributed by atoms with Crippen LogP contribution in [-0.2, 0) is 16.1 Å². The van der Waals surface area contributed by atoms with E-state index < -0.39 is 5.79 Å². The van der Waals surface area contributed by atoms with E-state index in [1.54, 1.807) is 18.0 Å². The van der Waals surface area contributed by atoms with Gasteiger partial charge in [-0.25, -0.2) is 0 Å². The van der Waals surface area contributed by atoms with Crippen molar-refractivity contribution in [3.05, 3.63) is 142 Å². The zero-order chi connectivity index (χ0) is 30.8. The molecule has 0 amide bonds. The van der Waals surface area contributed by atoms with Gasteiger partial charge in [-0.15, -0.1) is 11.8 Å². The van der Waals surface area contributed by atoms with E-state index in [1.807, 2.05) is 24.3 Å². The molecule has 7 rings (SSSR count). The topological polar surface area (TPSA) is 67.4 Å². The van der Waals surface area contributed by atoms with Gasteiger partial charge in [0.1, 0.15) is 12.2 Å². The number of nitrogens with zero attached hydrogens (tertiary/aromatic N) is 1. The molecule has 2 fully saturated rings. The van der Waals surface area contributed by atoms with Gasteiger partial charge >= 0.3 is 0 Å². The van der Waals surface area contributed by atoms with Crippen molar-refractivity contribution in [3.8, 4) is 11.4 Å². The third-order valence-electron chi connectivity index (χ3n) is 9.26. The first kappa shape index (κ1) is 30.3. The number of thioether (sulfide) groups is 1. The maximum absolute atomic E-state index is 9.44. The number of halogens is 1. The molecule has 5 aromatic rings. The van der Waals surface area contributed by atoms with Crippen LogP contribution in [0.2, 0.25) is 5.02 Å². The van der Waals surface area contributed by atoms with E-state index in [1.165, 1.54) is 5.56 Å². The third kappa shape index (κ3) is 6.35. The summed E-state index contributed by atoms with van der Waals surface area (Å²) in [6.45, 7) is -0.0212. The fourth-order valence-corrected chi connectivity index (χ4v) is 7.86. The molecule has 5 nitrogen and oxygen atoms in total. The van der Waals surface area contributed by atoms with Crippen molar-refractivity contribution in [3.63, 3.8) is 0 Å². The van der Waals surface area contributed by atoms with E-state index in [2.05, 4.69) is 95.1 Å². The minimum absolute atomic E-state index is 0.0212. The van der Waals surface area contributed by atoms with Crippen LogP contribution in [0, 0.1) is 5.92 Å². The molecule has 0 radical (unpaired) electrons. The summed E-state index contributed by atoms with van der Waals surface area (Å²) < 4.78 is 13.9. The Morgan fingerprint density at radius 2 is 1.64 bits per heavy atom. The molecular formula is C38H37ClN2O3S. The summed E-state index contributed by atoms with van der Waals surface area (Å²) in [5.74, 6) is -0.107. The lowest BCUT2D eigenvalue weighted by Gasteiger charge is -2.25. The molecular weight excluding hydrogens is 600 g/mol. The summed E-state index contributed by atoms with van der Waals surface area (Å²) >= 11 is 8.41. The molecule has 1 saturated carbocycles. The van der Waals surface area contributed by atoms with Crippen LogP contribution in [0.5, 0.6) is 0 Å². The number of nitrogens with one attached hydrogen (secondary N) is 1. The van der Waals surface area contributed by atoms with Gasteiger partial charge in [-0.2, -0.15) is 0 Å². The molecule has 230 valence electrons. The molecule has 7 heteroatoms. The van der Waals surface area contributed by atoms with Crippen molar-refractivity contribution in [1.82, 2.24) is 9.97 Å². The molecule has 4 atom stereocenters. The number of hydrogen-bond acceptors (Lipinski definition) is 5. The second-order valence-electron chi connectivity index (χ2n) is 12.1. The second kappa shape index (κ2) is 13.1. The average molecular weight is 637 g/mol. The lowest BCUT2D eigenvalue weighted by Crippen LogP contribution is -2.26. The summed E-state index contributed by atoms with van der Waals surface area (Å²) in [6, 6.07) is 35.5. The Balaban J connectivity index is 1.16. The summed E-state index contributed by atoms with van der Waals surface area (Å²) in [7, 11) is 0. The van der Waals surface area contributed by atoms with Crippen molar-refractivity contribution in [2.75, 3.05) is 6.26 Å². The molecule has 1 saturated heterocycles. The highest BCUT2D eigenvalue weighted by atomic mass is 35.5. The van der Waals surface area contributed by atoms with Gasteiger partial charge in [-0.05, 0) is 77.6 Å². The molecule has 1 aliphatic heterocycles. The zero-order valence-electron chi connectivity index (χ0n) is 25.2. The lowest BCUT2D eigenvalue weighted by atomic mass is 9.85. The first-order valence-corrected chi connectivity index (χ1v) is 17.2. The van der Waals surface area contributed by atoms with Crippen molar-refractivity contribution in [1.29, 1.82) is 0 Å². The SMILES string of the molecule is CSc1ccc(C(CC2CCC3(C2)O[C@H](c2ccccc2)[C@@H](c2ccccc2)O3)c2ccc(-c3ccc(CO)cn3)[nH]2)cc1Cl. The van der Waals surface area contributed by atoms with Gasteiger partial charge in [0.25, 0.3) is 0 Å². The Morgan fingerprint density at radius 3 is 2.24 bits per heavy atom. The highest BCUT2D eigenvalue weighted by Crippen LogP contribution is 2.55. The van der Waals surface area contributed by atoms with E-state index in [9.17, 15) is 5.11 Å². The molecule has 2 N–H and O–H groups in total. The number of rotatable bonds is 9. The lowest BCUT2D eigenvalue weighted by molar-refractivity contribution is -0.172. The molecule has 2 aliphatic rings. The number of aromatic nitrogens is 2. The Bertz CT molecular complexity index is 1680. The molecule has 2 aromatic heterocycles. The largest absolute Gasteiger partial charge is 0.392 e. The summed E-state index contributed by atoms with van der Waals surface area (Å²) in [4.78, 5) is 9.31. The van der Waals surface area contributed by atoms with Gasteiger partial charge in [0.05, 0.1) is 23.0 Å². The minimum atomic E-state index is -0.615. The van der Waals surface area contributed by atoms with E-state index in [-0.39, 0.29) is 24.7 Å². The highest BCUT2D eigenvalue weighted by molar-refractivity contribution is 7.98. The smallest absolute Gasteiger partial charge is 0.170 e. The first-order chi connectivity index (χ1) is 22.0. The van der Waals surface area contributed by atoms with Gasteiger partial charge < -0.3 is 19.6 Å². The standard InChI is InChI=1S/C38H37ClN2O3S/c1-45-35-17-13-29(21-31(35)39)30(32-15-16-34(41-32)33-14-12-26(24-42)23-40-33)20-25-18-19-38(22-25)43-36(27-8-4-2-5-9-27)37(44-38)28-10-6-3-7-11-28/h2-17,21,23,25,30,36-37,41-42H,18-20,22,24H2,1H3/t25?,30?,36-,37-/m1/s1. The summed E-state index contributed by atoms with van der Waals surface area (Å²) in [5, 5.41) is 10.2. The number of aliphatic hydroxyl groups is 1. The van der Waals surface area contributed by atoms with Gasteiger partial charge in [-0.1, -0.05) is 84.4 Å². The molecule has 0 bridgehead atoms. The number of hydrogen-bond donors (Lipinski definition) is 2. The normalized spacial score (nSPS) is 21.4. The van der Waals surface area contributed by atoms with Crippen LogP contribution in [0.4, 0.5) is 0 Å². The number of benzene rings is 3. The van der Waals surface area contributed by atoms with Crippen molar-refractivity contribution < 1.29 is 14.6 Å². The molecule has 45 heavy (non-hydrogen) atoms. The van der Waals surface area contributed by atoms with Crippen molar-refractivity contribution in [2.24, 2.45) is 5.92 Å². The van der Waals surface area contributed by atoms with Gasteiger partial charge in [0.2, 0.25) is 0 Å². The molecule has 1 spiro atoms. The Morgan fingerprint density at radius 1 is 0.933 bits per heavy atom. The number of aromatic amines is 1. The van der Waals surface area contributed by atoms with Crippen LogP contribution in [0.25, 0.3) is 11.4 Å². The summed E-state index contributed by atoms with van der Waals surface area (Å²) in [5.41, 5.74) is 7.20. The molecule has 3 aromatic carbocycles. The second-order valence-corrected chi connectivity index (χ2v) is 13.4. The highest BCUT2D eigenvalue weighted by Gasteiger charge is 2.52. The zero-order valence-corrected chi connectivity index (χ0v) is 26.8. The number of H-pyrrole nitrogens is 1. The van der Waals surface area contributed by atoms with E-state index >= 15 is 0 Å². The maximum atomic E-state index is 9.44.